The highest BCUT2D eigenvalue weighted by molar-refractivity contribution is 6.35. The molecule has 5 heteroatoms. The Hall–Kier alpha value is -0.800. The van der Waals surface area contributed by atoms with Gasteiger partial charge in [0.1, 0.15) is 0 Å². The summed E-state index contributed by atoms with van der Waals surface area (Å²) in [5.74, 6) is -0.189. The SMILES string of the molecule is CCC(N)=Nc1cc(Cl)c(F)c(Cl)c1. The van der Waals surface area contributed by atoms with Crippen molar-refractivity contribution in [1.29, 1.82) is 0 Å². The van der Waals surface area contributed by atoms with Crippen LogP contribution in [0.3, 0.4) is 0 Å². The third kappa shape index (κ3) is 2.59. The molecular formula is C9H9Cl2FN2. The van der Waals surface area contributed by atoms with Crippen molar-refractivity contribution < 1.29 is 4.39 Å². The molecule has 1 rings (SSSR count). The van der Waals surface area contributed by atoms with Crippen molar-refractivity contribution in [2.75, 3.05) is 0 Å². The van der Waals surface area contributed by atoms with Crippen LogP contribution < -0.4 is 5.73 Å². The Bertz CT molecular complexity index is 354. The molecule has 1 aromatic rings. The summed E-state index contributed by atoms with van der Waals surface area (Å²) in [6.45, 7) is 1.87. The number of benzene rings is 1. The molecule has 1 aromatic carbocycles. The third-order valence-electron chi connectivity index (χ3n) is 1.60. The number of amidine groups is 1. The van der Waals surface area contributed by atoms with E-state index in [4.69, 9.17) is 28.9 Å². The number of halogens is 3. The molecule has 0 unspecified atom stereocenters. The summed E-state index contributed by atoms with van der Waals surface area (Å²) >= 11 is 11.2. The second kappa shape index (κ2) is 4.62. The van der Waals surface area contributed by atoms with Crippen LogP contribution in [0.15, 0.2) is 17.1 Å². The van der Waals surface area contributed by atoms with Crippen LogP contribution in [0.25, 0.3) is 0 Å². The van der Waals surface area contributed by atoms with E-state index in [0.717, 1.165) is 0 Å². The molecule has 0 spiro atoms. The Balaban J connectivity index is 3.13. The first-order valence-electron chi connectivity index (χ1n) is 4.02. The van der Waals surface area contributed by atoms with Gasteiger partial charge in [0.05, 0.1) is 21.6 Å². The molecule has 0 saturated heterocycles. The first-order chi connectivity index (χ1) is 6.54. The lowest BCUT2D eigenvalue weighted by Crippen LogP contribution is -2.08. The van der Waals surface area contributed by atoms with E-state index < -0.39 is 5.82 Å². The highest BCUT2D eigenvalue weighted by Crippen LogP contribution is 2.28. The van der Waals surface area contributed by atoms with E-state index in [2.05, 4.69) is 4.99 Å². The lowest BCUT2D eigenvalue weighted by molar-refractivity contribution is 0.629. The fourth-order valence-corrected chi connectivity index (χ4v) is 1.33. The molecular weight excluding hydrogens is 226 g/mol. The largest absolute Gasteiger partial charge is 0.387 e. The van der Waals surface area contributed by atoms with Gasteiger partial charge in [-0.15, -0.1) is 0 Å². The van der Waals surface area contributed by atoms with Gasteiger partial charge in [0, 0.05) is 6.42 Å². The number of nitrogens with zero attached hydrogens (tertiary/aromatic N) is 1. The van der Waals surface area contributed by atoms with Crippen molar-refractivity contribution in [1.82, 2.24) is 0 Å². The predicted octanol–water partition coefficient (Wildman–Crippen LogP) is 3.53. The van der Waals surface area contributed by atoms with Gasteiger partial charge >= 0.3 is 0 Å². The van der Waals surface area contributed by atoms with Crippen molar-refractivity contribution in [3.8, 4) is 0 Å². The standard InChI is InChI=1S/C9H9Cl2FN2/c1-2-8(13)14-5-3-6(10)9(12)7(11)4-5/h3-4H,2H2,1H3,(H2,13,14). The smallest absolute Gasteiger partial charge is 0.160 e. The summed E-state index contributed by atoms with van der Waals surface area (Å²) in [6.07, 6.45) is 0.618. The summed E-state index contributed by atoms with van der Waals surface area (Å²) in [6, 6.07) is 2.76. The zero-order chi connectivity index (χ0) is 10.7. The summed E-state index contributed by atoms with van der Waals surface area (Å²) in [4.78, 5) is 4.00. The summed E-state index contributed by atoms with van der Waals surface area (Å²) in [5, 5.41) is -0.111. The molecule has 0 fully saturated rings. The molecule has 0 amide bonds. The van der Waals surface area contributed by atoms with Gasteiger partial charge in [0.15, 0.2) is 5.82 Å². The van der Waals surface area contributed by atoms with E-state index in [1.54, 1.807) is 0 Å². The number of hydrogen-bond acceptors (Lipinski definition) is 1. The molecule has 0 aliphatic rings. The highest BCUT2D eigenvalue weighted by atomic mass is 35.5. The van der Waals surface area contributed by atoms with Gasteiger partial charge in [-0.2, -0.15) is 0 Å². The Labute approximate surface area is 91.5 Å². The van der Waals surface area contributed by atoms with Crippen LogP contribution >= 0.6 is 23.2 Å². The average Bonchev–Trinajstić information content (AvgIpc) is 2.14. The Morgan fingerprint density at radius 3 is 2.36 bits per heavy atom. The molecule has 0 aromatic heterocycles. The maximum atomic E-state index is 13.0. The predicted molar refractivity (Wildman–Crippen MR) is 58.0 cm³/mol. The summed E-state index contributed by atoms with van der Waals surface area (Å²) in [5.41, 5.74) is 5.97. The van der Waals surface area contributed by atoms with Crippen molar-refractivity contribution in [3.05, 3.63) is 28.0 Å². The highest BCUT2D eigenvalue weighted by Gasteiger charge is 2.06. The van der Waals surface area contributed by atoms with Gasteiger partial charge in [-0.3, -0.25) is 0 Å². The number of aliphatic imine (C=N–C) groups is 1. The monoisotopic (exact) mass is 234 g/mol. The van der Waals surface area contributed by atoms with Crippen LogP contribution in [0.1, 0.15) is 13.3 Å². The normalized spacial score (nSPS) is 11.9. The van der Waals surface area contributed by atoms with Crippen LogP contribution in [0, 0.1) is 5.82 Å². The number of nitrogens with two attached hydrogens (primary N) is 1. The maximum absolute atomic E-state index is 13.0. The molecule has 0 bridgehead atoms. The maximum Gasteiger partial charge on any atom is 0.160 e. The van der Waals surface area contributed by atoms with E-state index in [1.807, 2.05) is 6.92 Å². The van der Waals surface area contributed by atoms with Gasteiger partial charge in [-0.1, -0.05) is 30.1 Å². The second-order valence-corrected chi connectivity index (χ2v) is 3.49. The molecule has 0 radical (unpaired) electrons. The first kappa shape index (κ1) is 11.3. The van der Waals surface area contributed by atoms with Gasteiger partial charge in [-0.25, -0.2) is 9.38 Å². The molecule has 0 aliphatic carbocycles. The zero-order valence-electron chi connectivity index (χ0n) is 7.52. The molecule has 76 valence electrons. The fourth-order valence-electron chi connectivity index (χ4n) is 0.852. The minimum atomic E-state index is -0.637. The van der Waals surface area contributed by atoms with Crippen molar-refractivity contribution in [3.63, 3.8) is 0 Å². The minimum Gasteiger partial charge on any atom is -0.387 e. The average molecular weight is 235 g/mol. The van der Waals surface area contributed by atoms with Crippen LogP contribution in [-0.4, -0.2) is 5.84 Å². The molecule has 0 atom stereocenters. The summed E-state index contributed by atoms with van der Waals surface area (Å²) in [7, 11) is 0. The fraction of sp³-hybridized carbons (Fsp3) is 0.222. The molecule has 0 heterocycles. The molecule has 0 aliphatic heterocycles. The van der Waals surface area contributed by atoms with Crippen molar-refractivity contribution >= 4 is 34.7 Å². The number of rotatable bonds is 2. The van der Waals surface area contributed by atoms with Gasteiger partial charge < -0.3 is 5.73 Å². The van der Waals surface area contributed by atoms with Crippen LogP contribution in [-0.2, 0) is 0 Å². The van der Waals surface area contributed by atoms with Gasteiger partial charge in [0.25, 0.3) is 0 Å². The van der Waals surface area contributed by atoms with E-state index in [0.29, 0.717) is 17.9 Å². The zero-order valence-corrected chi connectivity index (χ0v) is 9.03. The number of hydrogen-bond donors (Lipinski definition) is 1. The van der Waals surface area contributed by atoms with Crippen molar-refractivity contribution in [2.45, 2.75) is 13.3 Å². The molecule has 2 N–H and O–H groups in total. The van der Waals surface area contributed by atoms with Crippen LogP contribution in [0.4, 0.5) is 10.1 Å². The Morgan fingerprint density at radius 1 is 1.43 bits per heavy atom. The molecule has 2 nitrogen and oxygen atoms in total. The topological polar surface area (TPSA) is 38.4 Å². The Morgan fingerprint density at radius 2 is 1.93 bits per heavy atom. The summed E-state index contributed by atoms with van der Waals surface area (Å²) < 4.78 is 13.0. The van der Waals surface area contributed by atoms with Gasteiger partial charge in [-0.05, 0) is 12.1 Å². The van der Waals surface area contributed by atoms with Crippen LogP contribution in [0.5, 0.6) is 0 Å². The lowest BCUT2D eigenvalue weighted by atomic mass is 10.3. The first-order valence-corrected chi connectivity index (χ1v) is 4.77. The minimum absolute atomic E-state index is 0.0554. The van der Waals surface area contributed by atoms with Crippen LogP contribution in [0.2, 0.25) is 10.0 Å². The lowest BCUT2D eigenvalue weighted by Gasteiger charge is -2.01. The molecule has 14 heavy (non-hydrogen) atoms. The van der Waals surface area contributed by atoms with E-state index in [1.165, 1.54) is 12.1 Å². The second-order valence-electron chi connectivity index (χ2n) is 2.68. The van der Waals surface area contributed by atoms with E-state index in [9.17, 15) is 4.39 Å². The van der Waals surface area contributed by atoms with E-state index >= 15 is 0 Å². The Kier molecular flexibility index (Phi) is 3.72. The third-order valence-corrected chi connectivity index (χ3v) is 2.15. The quantitative estimate of drug-likeness (QED) is 0.475. The van der Waals surface area contributed by atoms with Gasteiger partial charge in [0.2, 0.25) is 0 Å². The molecule has 0 saturated carbocycles. The van der Waals surface area contributed by atoms with Crippen molar-refractivity contribution in [2.24, 2.45) is 10.7 Å². The van der Waals surface area contributed by atoms with E-state index in [-0.39, 0.29) is 10.0 Å².